The van der Waals surface area contributed by atoms with Crippen LogP contribution in [0, 0.1) is 11.8 Å². The van der Waals surface area contributed by atoms with Gasteiger partial charge in [0.25, 0.3) is 0 Å². The molecule has 4 unspecified atom stereocenters. The van der Waals surface area contributed by atoms with E-state index in [-0.39, 0.29) is 18.4 Å². The summed E-state index contributed by atoms with van der Waals surface area (Å²) in [6.45, 7) is 6.68. The van der Waals surface area contributed by atoms with Gasteiger partial charge >= 0.3 is 5.97 Å². The molecule has 34 heavy (non-hydrogen) atoms. The quantitative estimate of drug-likeness (QED) is 0.268. The highest BCUT2D eigenvalue weighted by atomic mass is 16.4. The first kappa shape index (κ1) is 26.8. The largest absolute Gasteiger partial charge is 0.480 e. The molecule has 7 N–H and O–H groups in total. The van der Waals surface area contributed by atoms with Gasteiger partial charge in [-0.25, -0.2) is 4.79 Å². The van der Waals surface area contributed by atoms with Crippen LogP contribution >= 0.6 is 0 Å². The van der Waals surface area contributed by atoms with E-state index in [1.165, 1.54) is 0 Å². The lowest BCUT2D eigenvalue weighted by atomic mass is 9.97. The third-order valence-electron chi connectivity index (χ3n) is 5.92. The van der Waals surface area contributed by atoms with Crippen LogP contribution in [0.4, 0.5) is 0 Å². The molecular formula is C24H35N5O5. The molecule has 0 saturated heterocycles. The van der Waals surface area contributed by atoms with Gasteiger partial charge in [-0.3, -0.25) is 14.4 Å². The van der Waals surface area contributed by atoms with E-state index in [0.29, 0.717) is 12.8 Å². The summed E-state index contributed by atoms with van der Waals surface area (Å²) in [5.74, 6) is -3.35. The highest BCUT2D eigenvalue weighted by molar-refractivity contribution is 5.93. The fraction of sp³-hybridized carbons (Fsp3) is 0.500. The Labute approximate surface area is 199 Å². The number of carboxylic acid groups (broad SMARTS) is 1. The summed E-state index contributed by atoms with van der Waals surface area (Å²) in [4.78, 5) is 52.2. The number of H-pyrrole nitrogens is 1. The predicted molar refractivity (Wildman–Crippen MR) is 129 cm³/mol. The summed E-state index contributed by atoms with van der Waals surface area (Å²) in [5.41, 5.74) is 7.87. The molecule has 2 aromatic rings. The Hall–Kier alpha value is -3.40. The molecule has 0 saturated carbocycles. The molecule has 0 aliphatic rings. The van der Waals surface area contributed by atoms with Crippen LogP contribution in [0.2, 0.25) is 0 Å². The maximum atomic E-state index is 12.7. The number of hydrogen-bond donors (Lipinski definition) is 6. The van der Waals surface area contributed by atoms with E-state index in [2.05, 4.69) is 20.9 Å². The zero-order valence-electron chi connectivity index (χ0n) is 20.1. The summed E-state index contributed by atoms with van der Waals surface area (Å²) in [5, 5.41) is 18.0. The number of rotatable bonds is 12. The first-order valence-electron chi connectivity index (χ1n) is 11.5. The van der Waals surface area contributed by atoms with Crippen LogP contribution in [-0.4, -0.2) is 58.5 Å². The third-order valence-corrected chi connectivity index (χ3v) is 5.92. The summed E-state index contributed by atoms with van der Waals surface area (Å²) in [7, 11) is 0. The molecule has 10 nitrogen and oxygen atoms in total. The Morgan fingerprint density at radius 2 is 1.71 bits per heavy atom. The molecule has 10 heteroatoms. The van der Waals surface area contributed by atoms with E-state index >= 15 is 0 Å². The van der Waals surface area contributed by atoms with Crippen LogP contribution in [0.5, 0.6) is 0 Å². The minimum Gasteiger partial charge on any atom is -0.480 e. The van der Waals surface area contributed by atoms with Gasteiger partial charge in [-0.1, -0.05) is 52.3 Å². The Morgan fingerprint density at radius 1 is 1.03 bits per heavy atom. The highest BCUT2D eigenvalue weighted by Gasteiger charge is 2.31. The molecule has 0 aliphatic heterocycles. The van der Waals surface area contributed by atoms with E-state index in [9.17, 15) is 24.3 Å². The van der Waals surface area contributed by atoms with E-state index in [1.54, 1.807) is 27.0 Å². The molecule has 0 radical (unpaired) electrons. The van der Waals surface area contributed by atoms with Gasteiger partial charge < -0.3 is 31.8 Å². The fourth-order valence-electron chi connectivity index (χ4n) is 3.61. The van der Waals surface area contributed by atoms with Crippen molar-refractivity contribution in [2.45, 2.75) is 58.7 Å². The van der Waals surface area contributed by atoms with Crippen LogP contribution < -0.4 is 21.7 Å². The molecule has 4 atom stereocenters. The van der Waals surface area contributed by atoms with Crippen LogP contribution in [0.25, 0.3) is 10.9 Å². The van der Waals surface area contributed by atoms with Crippen molar-refractivity contribution in [3.63, 3.8) is 0 Å². The van der Waals surface area contributed by atoms with Crippen molar-refractivity contribution in [2.24, 2.45) is 17.6 Å². The van der Waals surface area contributed by atoms with Gasteiger partial charge in [-0.2, -0.15) is 0 Å². The third kappa shape index (κ3) is 7.05. The lowest BCUT2D eigenvalue weighted by Crippen LogP contribution is -2.56. The van der Waals surface area contributed by atoms with E-state index in [0.717, 1.165) is 16.5 Å². The van der Waals surface area contributed by atoms with Crippen LogP contribution in [0.15, 0.2) is 30.5 Å². The van der Waals surface area contributed by atoms with E-state index < -0.39 is 41.8 Å². The number of aromatic nitrogens is 1. The molecule has 1 heterocycles. The summed E-state index contributed by atoms with van der Waals surface area (Å²) in [6.07, 6.45) is 2.67. The van der Waals surface area contributed by atoms with Gasteiger partial charge in [-0.15, -0.1) is 0 Å². The van der Waals surface area contributed by atoms with Crippen molar-refractivity contribution in [2.75, 3.05) is 6.54 Å². The average molecular weight is 474 g/mol. The molecule has 3 amide bonds. The van der Waals surface area contributed by atoms with Gasteiger partial charge in [0.05, 0.1) is 12.6 Å². The van der Waals surface area contributed by atoms with Crippen LogP contribution in [0.1, 0.15) is 39.7 Å². The molecule has 0 spiro atoms. The standard InChI is InChI=1S/C24H35N5O5/c1-5-14(4)21(24(33)34)29-23(32)20(13(2)3)28-19(30)12-27-22(31)17(25)10-15-11-26-18-9-7-6-8-16(15)18/h6-9,11,13-14,17,20-21,26H,5,10,12,25H2,1-4H3,(H,27,31)(H,28,30)(H,29,32)(H,33,34). The maximum absolute atomic E-state index is 12.7. The number of para-hydroxylation sites is 1. The van der Waals surface area contributed by atoms with Gasteiger partial charge in [-0.05, 0) is 29.9 Å². The first-order valence-corrected chi connectivity index (χ1v) is 11.5. The summed E-state index contributed by atoms with van der Waals surface area (Å²) in [6, 6.07) is 4.81. The van der Waals surface area contributed by atoms with E-state index in [4.69, 9.17) is 5.73 Å². The van der Waals surface area contributed by atoms with E-state index in [1.807, 2.05) is 31.2 Å². The minimum atomic E-state index is -1.13. The minimum absolute atomic E-state index is 0.275. The molecular weight excluding hydrogens is 438 g/mol. The first-order chi connectivity index (χ1) is 16.0. The number of carboxylic acids is 1. The number of hydrogen-bond acceptors (Lipinski definition) is 5. The number of nitrogens with two attached hydrogens (primary N) is 1. The van der Waals surface area contributed by atoms with Gasteiger partial charge in [0.15, 0.2) is 0 Å². The fourth-order valence-corrected chi connectivity index (χ4v) is 3.61. The number of benzene rings is 1. The number of carbonyl (C=O) groups is 4. The number of aromatic amines is 1. The lowest BCUT2D eigenvalue weighted by molar-refractivity contribution is -0.144. The average Bonchev–Trinajstić information content (AvgIpc) is 3.20. The maximum Gasteiger partial charge on any atom is 0.326 e. The number of aliphatic carboxylic acids is 1. The number of amides is 3. The van der Waals surface area contributed by atoms with Crippen molar-refractivity contribution in [3.8, 4) is 0 Å². The zero-order chi connectivity index (χ0) is 25.4. The van der Waals surface area contributed by atoms with Gasteiger partial charge in [0.2, 0.25) is 17.7 Å². The molecule has 1 aromatic heterocycles. The SMILES string of the molecule is CCC(C)C(NC(=O)C(NC(=O)CNC(=O)C(N)Cc1c[nH]c2ccccc12)C(C)C)C(=O)O. The van der Waals surface area contributed by atoms with Gasteiger partial charge in [0, 0.05) is 17.1 Å². The van der Waals surface area contributed by atoms with Crippen molar-refractivity contribution in [1.29, 1.82) is 0 Å². The number of carbonyl (C=O) groups excluding carboxylic acids is 3. The van der Waals surface area contributed by atoms with Gasteiger partial charge in [0.1, 0.15) is 12.1 Å². The Bertz CT molecular complexity index is 1020. The van der Waals surface area contributed by atoms with Crippen LogP contribution in [0.3, 0.4) is 0 Å². The van der Waals surface area contributed by atoms with Crippen molar-refractivity contribution in [3.05, 3.63) is 36.0 Å². The highest BCUT2D eigenvalue weighted by Crippen LogP contribution is 2.18. The molecule has 2 rings (SSSR count). The summed E-state index contributed by atoms with van der Waals surface area (Å²) < 4.78 is 0. The molecule has 0 fully saturated rings. The zero-order valence-corrected chi connectivity index (χ0v) is 20.1. The van der Waals surface area contributed by atoms with Crippen molar-refractivity contribution in [1.82, 2.24) is 20.9 Å². The topological polar surface area (TPSA) is 166 Å². The summed E-state index contributed by atoms with van der Waals surface area (Å²) >= 11 is 0. The Kier molecular flexibility index (Phi) is 9.61. The second-order valence-electron chi connectivity index (χ2n) is 8.89. The monoisotopic (exact) mass is 473 g/mol. The molecule has 0 bridgehead atoms. The molecule has 186 valence electrons. The van der Waals surface area contributed by atoms with Crippen molar-refractivity contribution < 1.29 is 24.3 Å². The molecule has 1 aromatic carbocycles. The smallest absolute Gasteiger partial charge is 0.326 e. The number of fused-ring (bicyclic) bond motifs is 1. The Morgan fingerprint density at radius 3 is 2.32 bits per heavy atom. The van der Waals surface area contributed by atoms with Crippen molar-refractivity contribution >= 4 is 34.6 Å². The predicted octanol–water partition coefficient (Wildman–Crippen LogP) is 0.910. The second kappa shape index (κ2) is 12.2. The Balaban J connectivity index is 1.91. The molecule has 0 aliphatic carbocycles. The number of nitrogens with one attached hydrogen (secondary N) is 4. The normalized spacial score (nSPS) is 14.8. The second-order valence-corrected chi connectivity index (χ2v) is 8.89. The van der Waals surface area contributed by atoms with Crippen LogP contribution in [-0.2, 0) is 25.6 Å². The lowest BCUT2D eigenvalue weighted by Gasteiger charge is -2.26.